The molecule has 1 unspecified atom stereocenters. The van der Waals surface area contributed by atoms with Crippen molar-refractivity contribution >= 4 is 39.2 Å². The van der Waals surface area contributed by atoms with E-state index in [1.54, 1.807) is 4.90 Å². The number of hydrogen-bond acceptors (Lipinski definition) is 4. The quantitative estimate of drug-likeness (QED) is 0.703. The number of aromatic amines is 1. The fourth-order valence-electron chi connectivity index (χ4n) is 3.68. The monoisotopic (exact) mass is 382 g/mol. The Hall–Kier alpha value is -2.67. The molecule has 0 radical (unpaired) electrons. The summed E-state index contributed by atoms with van der Waals surface area (Å²) < 4.78 is 0. The van der Waals surface area contributed by atoms with Crippen LogP contribution < -0.4 is 5.32 Å². The number of fused-ring (bicyclic) bond motifs is 1. The lowest BCUT2D eigenvalue weighted by molar-refractivity contribution is -0.136. The molecule has 2 amide bonds. The standard InChI is InChI=1S/C20H22N4O2S/c1-12(2)18(24-9-5-8-17(24)25)19(26)23-20-22-16(11-27-20)14-10-21-15-7-4-3-6-13(14)15/h3-4,6-7,10-12,18,21H,5,8-9H2,1-2H3,(H,22,23,26). The van der Waals surface area contributed by atoms with Gasteiger partial charge in [-0.2, -0.15) is 0 Å². The molecule has 1 fully saturated rings. The molecule has 2 N–H and O–H groups in total. The molecule has 6 nitrogen and oxygen atoms in total. The van der Waals surface area contributed by atoms with Gasteiger partial charge in [0.25, 0.3) is 0 Å². The first-order valence-corrected chi connectivity index (χ1v) is 10.0. The highest BCUT2D eigenvalue weighted by Gasteiger charge is 2.35. The number of benzene rings is 1. The third-order valence-electron chi connectivity index (χ3n) is 4.95. The van der Waals surface area contributed by atoms with Crippen molar-refractivity contribution in [2.45, 2.75) is 32.7 Å². The average molecular weight is 382 g/mol. The second-order valence-corrected chi connectivity index (χ2v) is 8.01. The minimum absolute atomic E-state index is 0.0418. The number of likely N-dealkylation sites (tertiary alicyclic amines) is 1. The van der Waals surface area contributed by atoms with Crippen LogP contribution in [0.3, 0.4) is 0 Å². The van der Waals surface area contributed by atoms with Crippen molar-refractivity contribution in [2.24, 2.45) is 5.92 Å². The van der Waals surface area contributed by atoms with Crippen LogP contribution in [0.5, 0.6) is 0 Å². The Balaban J connectivity index is 1.55. The molecular weight excluding hydrogens is 360 g/mol. The van der Waals surface area contributed by atoms with Gasteiger partial charge < -0.3 is 15.2 Å². The molecule has 0 spiro atoms. The molecule has 7 heteroatoms. The number of nitrogens with one attached hydrogen (secondary N) is 2. The molecule has 0 saturated carbocycles. The molecule has 3 heterocycles. The minimum atomic E-state index is -0.458. The molecule has 27 heavy (non-hydrogen) atoms. The van der Waals surface area contributed by atoms with Crippen LogP contribution in [0.1, 0.15) is 26.7 Å². The molecule has 0 bridgehead atoms. The van der Waals surface area contributed by atoms with Crippen molar-refractivity contribution in [2.75, 3.05) is 11.9 Å². The fraction of sp³-hybridized carbons (Fsp3) is 0.350. The first-order chi connectivity index (χ1) is 13.0. The highest BCUT2D eigenvalue weighted by Crippen LogP contribution is 2.31. The van der Waals surface area contributed by atoms with E-state index in [4.69, 9.17) is 0 Å². The highest BCUT2D eigenvalue weighted by molar-refractivity contribution is 7.14. The number of aromatic nitrogens is 2. The zero-order valence-corrected chi connectivity index (χ0v) is 16.2. The summed E-state index contributed by atoms with van der Waals surface area (Å²) in [5.74, 6) is -0.0670. The number of amides is 2. The Morgan fingerprint density at radius 2 is 2.15 bits per heavy atom. The van der Waals surface area contributed by atoms with Crippen LogP contribution in [0.25, 0.3) is 22.2 Å². The van der Waals surface area contributed by atoms with Crippen LogP contribution in [0.2, 0.25) is 0 Å². The largest absolute Gasteiger partial charge is 0.360 e. The normalized spacial score (nSPS) is 15.7. The maximum absolute atomic E-state index is 12.9. The molecule has 140 valence electrons. The summed E-state index contributed by atoms with van der Waals surface area (Å²) in [4.78, 5) is 34.5. The van der Waals surface area contributed by atoms with Gasteiger partial charge in [0.2, 0.25) is 11.8 Å². The number of carbonyl (C=O) groups is 2. The van der Waals surface area contributed by atoms with E-state index in [-0.39, 0.29) is 17.7 Å². The van der Waals surface area contributed by atoms with E-state index < -0.39 is 6.04 Å². The van der Waals surface area contributed by atoms with Crippen LogP contribution >= 0.6 is 11.3 Å². The fourth-order valence-corrected chi connectivity index (χ4v) is 4.40. The Morgan fingerprint density at radius 1 is 1.33 bits per heavy atom. The maximum atomic E-state index is 12.9. The third kappa shape index (κ3) is 3.35. The number of nitrogens with zero attached hydrogens (tertiary/aromatic N) is 2. The van der Waals surface area contributed by atoms with E-state index in [0.29, 0.717) is 18.1 Å². The van der Waals surface area contributed by atoms with Crippen molar-refractivity contribution in [1.29, 1.82) is 0 Å². The average Bonchev–Trinajstić information content (AvgIpc) is 3.35. The molecule has 1 aromatic carbocycles. The van der Waals surface area contributed by atoms with Crippen molar-refractivity contribution < 1.29 is 9.59 Å². The first kappa shape index (κ1) is 17.7. The Kier molecular flexibility index (Phi) is 4.70. The van der Waals surface area contributed by atoms with Crippen molar-refractivity contribution in [1.82, 2.24) is 14.9 Å². The maximum Gasteiger partial charge on any atom is 0.249 e. The second kappa shape index (κ2) is 7.15. The topological polar surface area (TPSA) is 78.1 Å². The third-order valence-corrected chi connectivity index (χ3v) is 5.70. The smallest absolute Gasteiger partial charge is 0.249 e. The predicted molar refractivity (Wildman–Crippen MR) is 108 cm³/mol. The van der Waals surface area contributed by atoms with Gasteiger partial charge in [-0.15, -0.1) is 11.3 Å². The Labute approximate surface area is 161 Å². The van der Waals surface area contributed by atoms with Gasteiger partial charge >= 0.3 is 0 Å². The predicted octanol–water partition coefficient (Wildman–Crippen LogP) is 3.88. The van der Waals surface area contributed by atoms with Gasteiger partial charge in [0, 0.05) is 41.0 Å². The van der Waals surface area contributed by atoms with Gasteiger partial charge in [0.05, 0.1) is 5.69 Å². The molecule has 1 aliphatic heterocycles. The number of H-pyrrole nitrogens is 1. The molecule has 3 aromatic rings. The van der Waals surface area contributed by atoms with Crippen molar-refractivity contribution in [3.05, 3.63) is 35.8 Å². The van der Waals surface area contributed by atoms with Gasteiger partial charge in [0.1, 0.15) is 6.04 Å². The summed E-state index contributed by atoms with van der Waals surface area (Å²) in [6.07, 6.45) is 3.28. The van der Waals surface area contributed by atoms with E-state index in [1.807, 2.05) is 49.7 Å². The lowest BCUT2D eigenvalue weighted by Crippen LogP contribution is -2.47. The number of anilines is 1. The lowest BCUT2D eigenvalue weighted by atomic mass is 10.0. The van der Waals surface area contributed by atoms with Gasteiger partial charge in [-0.05, 0) is 18.4 Å². The van der Waals surface area contributed by atoms with Crippen LogP contribution in [0, 0.1) is 5.92 Å². The first-order valence-electron chi connectivity index (χ1n) is 9.17. The lowest BCUT2D eigenvalue weighted by Gasteiger charge is -2.29. The summed E-state index contributed by atoms with van der Waals surface area (Å²) in [6.45, 7) is 4.58. The van der Waals surface area contributed by atoms with Gasteiger partial charge in [-0.25, -0.2) is 4.98 Å². The van der Waals surface area contributed by atoms with Gasteiger partial charge in [-0.3, -0.25) is 9.59 Å². The van der Waals surface area contributed by atoms with Gasteiger partial charge in [0.15, 0.2) is 5.13 Å². The van der Waals surface area contributed by atoms with Crippen LogP contribution in [-0.4, -0.2) is 39.3 Å². The zero-order valence-electron chi connectivity index (χ0n) is 15.4. The molecule has 1 atom stereocenters. The number of rotatable bonds is 5. The second-order valence-electron chi connectivity index (χ2n) is 7.15. The zero-order chi connectivity index (χ0) is 19.0. The Morgan fingerprint density at radius 3 is 2.89 bits per heavy atom. The molecule has 4 rings (SSSR count). The van der Waals surface area contributed by atoms with Crippen molar-refractivity contribution in [3.8, 4) is 11.3 Å². The number of para-hydroxylation sites is 1. The van der Waals surface area contributed by atoms with Gasteiger partial charge in [-0.1, -0.05) is 32.0 Å². The van der Waals surface area contributed by atoms with E-state index in [1.165, 1.54) is 11.3 Å². The number of carbonyl (C=O) groups excluding carboxylic acids is 2. The number of thiazole rings is 1. The van der Waals surface area contributed by atoms with E-state index in [0.717, 1.165) is 28.6 Å². The summed E-state index contributed by atoms with van der Waals surface area (Å²) >= 11 is 1.40. The molecule has 1 saturated heterocycles. The van der Waals surface area contributed by atoms with Crippen LogP contribution in [-0.2, 0) is 9.59 Å². The summed E-state index contributed by atoms with van der Waals surface area (Å²) in [5.41, 5.74) is 2.89. The van der Waals surface area contributed by atoms with Crippen LogP contribution in [0.15, 0.2) is 35.8 Å². The van der Waals surface area contributed by atoms with E-state index >= 15 is 0 Å². The summed E-state index contributed by atoms with van der Waals surface area (Å²) in [5, 5.41) is 6.51. The number of hydrogen-bond donors (Lipinski definition) is 2. The minimum Gasteiger partial charge on any atom is -0.360 e. The highest BCUT2D eigenvalue weighted by atomic mass is 32.1. The molecular formula is C20H22N4O2S. The summed E-state index contributed by atoms with van der Waals surface area (Å²) in [7, 11) is 0. The summed E-state index contributed by atoms with van der Waals surface area (Å²) in [6, 6.07) is 7.59. The van der Waals surface area contributed by atoms with E-state index in [9.17, 15) is 9.59 Å². The molecule has 0 aliphatic carbocycles. The Bertz CT molecular complexity index is 991. The molecule has 2 aromatic heterocycles. The van der Waals surface area contributed by atoms with Crippen molar-refractivity contribution in [3.63, 3.8) is 0 Å². The van der Waals surface area contributed by atoms with Crippen LogP contribution in [0.4, 0.5) is 5.13 Å². The molecule has 1 aliphatic rings. The van der Waals surface area contributed by atoms with E-state index in [2.05, 4.69) is 15.3 Å². The SMILES string of the molecule is CC(C)C(C(=O)Nc1nc(-c2c[nH]c3ccccc23)cs1)N1CCCC1=O.